The van der Waals surface area contributed by atoms with Crippen LogP contribution in [0.15, 0.2) is 54.6 Å². The molecular weight excluding hydrogens is 436 g/mol. The van der Waals surface area contributed by atoms with E-state index in [1.54, 1.807) is 23.9 Å². The minimum atomic E-state index is -0.547. The Bertz CT molecular complexity index is 938. The van der Waals surface area contributed by atoms with Gasteiger partial charge in [-0.05, 0) is 48.3 Å². The molecule has 3 rings (SSSR count). The third-order valence-corrected chi connectivity index (χ3v) is 6.17. The second-order valence-corrected chi connectivity index (χ2v) is 8.90. The van der Waals surface area contributed by atoms with Gasteiger partial charge in [-0.25, -0.2) is 0 Å². The zero-order valence-electron chi connectivity index (χ0n) is 18.9. The number of hydrogen-bond donors (Lipinski definition) is 1. The van der Waals surface area contributed by atoms with E-state index in [1.165, 1.54) is 0 Å². The molecule has 1 aliphatic rings. The molecule has 7 nitrogen and oxygen atoms in total. The highest BCUT2D eigenvalue weighted by Gasteiger charge is 2.28. The Morgan fingerprint density at radius 2 is 1.79 bits per heavy atom. The van der Waals surface area contributed by atoms with Crippen LogP contribution in [0.2, 0.25) is 0 Å². The average molecular weight is 467 g/mol. The zero-order chi connectivity index (χ0) is 23.5. The van der Waals surface area contributed by atoms with Crippen LogP contribution in [0.3, 0.4) is 0 Å². The highest BCUT2D eigenvalue weighted by Crippen LogP contribution is 2.13. The van der Waals surface area contributed by atoms with Gasteiger partial charge in [-0.1, -0.05) is 30.3 Å². The Hall–Kier alpha value is -3.02. The van der Waals surface area contributed by atoms with Gasteiger partial charge in [0.05, 0.1) is 11.6 Å². The number of amides is 2. The smallest absolute Gasteiger partial charge is 0.258 e. The molecule has 1 atom stereocenters. The molecule has 0 aromatic heterocycles. The Labute approximate surface area is 199 Å². The first-order chi connectivity index (χ1) is 16.1. The highest BCUT2D eigenvalue weighted by molar-refractivity contribution is 7.98. The van der Waals surface area contributed by atoms with Crippen molar-refractivity contribution >= 4 is 23.6 Å². The minimum Gasteiger partial charge on any atom is -0.484 e. The Morgan fingerprint density at radius 1 is 1.09 bits per heavy atom. The van der Waals surface area contributed by atoms with Crippen molar-refractivity contribution in [3.63, 3.8) is 0 Å². The van der Waals surface area contributed by atoms with Crippen molar-refractivity contribution in [2.24, 2.45) is 0 Å². The maximum Gasteiger partial charge on any atom is 0.258 e. The summed E-state index contributed by atoms with van der Waals surface area (Å²) in [5.74, 6) is 1.08. The molecule has 0 spiro atoms. The maximum absolute atomic E-state index is 13.2. The molecule has 8 heteroatoms. The normalized spacial score (nSPS) is 14.8. The summed E-state index contributed by atoms with van der Waals surface area (Å²) >= 11 is 1.65. The summed E-state index contributed by atoms with van der Waals surface area (Å²) in [4.78, 5) is 29.7. The molecule has 1 heterocycles. The Morgan fingerprint density at radius 3 is 2.42 bits per heavy atom. The molecule has 1 fully saturated rings. The van der Waals surface area contributed by atoms with Gasteiger partial charge in [0.25, 0.3) is 5.91 Å². The topological polar surface area (TPSA) is 85.7 Å². The predicted octanol–water partition coefficient (Wildman–Crippen LogP) is 2.52. The van der Waals surface area contributed by atoms with Crippen LogP contribution in [0.1, 0.15) is 17.5 Å². The van der Waals surface area contributed by atoms with Gasteiger partial charge in [0.1, 0.15) is 11.8 Å². The zero-order valence-corrected chi connectivity index (χ0v) is 19.7. The van der Waals surface area contributed by atoms with E-state index in [4.69, 9.17) is 10.00 Å². The number of nitrogens with zero attached hydrogens (tertiary/aromatic N) is 3. The fourth-order valence-corrected chi connectivity index (χ4v) is 4.16. The number of benzene rings is 2. The first kappa shape index (κ1) is 24.6. The van der Waals surface area contributed by atoms with E-state index >= 15 is 0 Å². The van der Waals surface area contributed by atoms with E-state index in [-0.39, 0.29) is 18.4 Å². The Kier molecular flexibility index (Phi) is 9.60. The quantitative estimate of drug-likeness (QED) is 0.579. The van der Waals surface area contributed by atoms with E-state index < -0.39 is 6.04 Å². The lowest BCUT2D eigenvalue weighted by atomic mass is 10.1. The number of piperazine rings is 1. The molecule has 1 saturated heterocycles. The maximum atomic E-state index is 13.2. The summed E-state index contributed by atoms with van der Waals surface area (Å²) in [7, 11) is 0. The standard InChI is InChI=1S/C25H30N4O3S/c1-33-16-11-23(27-24(30)19-32-22-5-3-2-4-6-22)25(31)29-14-12-28(13-15-29)18-21-9-7-20(17-26)8-10-21/h2-10,23H,11-16,18-19H2,1H3,(H,27,30). The van der Waals surface area contributed by atoms with Crippen LogP contribution >= 0.6 is 11.8 Å². The van der Waals surface area contributed by atoms with Crippen molar-refractivity contribution in [3.05, 3.63) is 65.7 Å². The van der Waals surface area contributed by atoms with Gasteiger partial charge >= 0.3 is 0 Å². The van der Waals surface area contributed by atoms with Crippen LogP contribution in [0.5, 0.6) is 5.75 Å². The van der Waals surface area contributed by atoms with Gasteiger partial charge in [-0.3, -0.25) is 14.5 Å². The number of nitriles is 1. The molecule has 2 aromatic rings. The number of thioether (sulfide) groups is 1. The summed E-state index contributed by atoms with van der Waals surface area (Å²) in [5.41, 5.74) is 1.80. The fourth-order valence-electron chi connectivity index (χ4n) is 3.68. The summed E-state index contributed by atoms with van der Waals surface area (Å²) in [6, 6.07) is 18.4. The van der Waals surface area contributed by atoms with E-state index in [2.05, 4.69) is 16.3 Å². The van der Waals surface area contributed by atoms with Crippen LogP contribution < -0.4 is 10.1 Å². The molecular formula is C25H30N4O3S. The van der Waals surface area contributed by atoms with E-state index in [9.17, 15) is 9.59 Å². The average Bonchev–Trinajstić information content (AvgIpc) is 2.86. The molecule has 0 saturated carbocycles. The number of para-hydroxylation sites is 1. The monoisotopic (exact) mass is 466 g/mol. The lowest BCUT2D eigenvalue weighted by Crippen LogP contribution is -2.55. The van der Waals surface area contributed by atoms with E-state index in [0.29, 0.717) is 30.8 Å². The van der Waals surface area contributed by atoms with Crippen LogP contribution in [-0.2, 0) is 16.1 Å². The molecule has 2 amide bonds. The van der Waals surface area contributed by atoms with Crippen molar-refractivity contribution < 1.29 is 14.3 Å². The SMILES string of the molecule is CSCCC(NC(=O)COc1ccccc1)C(=O)N1CCN(Cc2ccc(C#N)cc2)CC1. The van der Waals surface area contributed by atoms with Crippen LogP contribution in [0.4, 0.5) is 0 Å². The highest BCUT2D eigenvalue weighted by atomic mass is 32.2. The summed E-state index contributed by atoms with van der Waals surface area (Å²) in [6.07, 6.45) is 2.58. The van der Waals surface area contributed by atoms with Gasteiger partial charge in [-0.2, -0.15) is 17.0 Å². The largest absolute Gasteiger partial charge is 0.484 e. The van der Waals surface area contributed by atoms with E-state index in [0.717, 1.165) is 31.0 Å². The second kappa shape index (κ2) is 12.9. The Balaban J connectivity index is 1.49. The predicted molar refractivity (Wildman–Crippen MR) is 130 cm³/mol. The first-order valence-electron chi connectivity index (χ1n) is 11.1. The summed E-state index contributed by atoms with van der Waals surface area (Å²) in [5, 5.41) is 11.8. The first-order valence-corrected chi connectivity index (χ1v) is 12.4. The van der Waals surface area contributed by atoms with Crippen molar-refractivity contribution in [1.29, 1.82) is 5.26 Å². The van der Waals surface area contributed by atoms with Crippen molar-refractivity contribution in [1.82, 2.24) is 15.1 Å². The van der Waals surface area contributed by atoms with Crippen molar-refractivity contribution in [2.45, 2.75) is 19.0 Å². The molecule has 1 unspecified atom stereocenters. The number of carbonyl (C=O) groups is 2. The summed E-state index contributed by atoms with van der Waals surface area (Å²) < 4.78 is 5.52. The second-order valence-electron chi connectivity index (χ2n) is 7.91. The van der Waals surface area contributed by atoms with Crippen LogP contribution in [0.25, 0.3) is 0 Å². The number of hydrogen-bond acceptors (Lipinski definition) is 6. The fraction of sp³-hybridized carbons (Fsp3) is 0.400. The third kappa shape index (κ3) is 7.81. The van der Waals surface area contributed by atoms with Crippen molar-refractivity contribution in [3.8, 4) is 11.8 Å². The molecule has 0 radical (unpaired) electrons. The van der Waals surface area contributed by atoms with Crippen LogP contribution in [0, 0.1) is 11.3 Å². The summed E-state index contributed by atoms with van der Waals surface area (Å²) in [6.45, 7) is 3.46. The lowest BCUT2D eigenvalue weighted by Gasteiger charge is -2.36. The molecule has 33 heavy (non-hydrogen) atoms. The van der Waals surface area contributed by atoms with Gasteiger partial charge in [0, 0.05) is 32.7 Å². The van der Waals surface area contributed by atoms with Crippen molar-refractivity contribution in [2.75, 3.05) is 44.8 Å². The van der Waals surface area contributed by atoms with Gasteiger partial charge in [-0.15, -0.1) is 0 Å². The van der Waals surface area contributed by atoms with Gasteiger partial charge in [0.2, 0.25) is 5.91 Å². The number of carbonyl (C=O) groups excluding carboxylic acids is 2. The number of nitrogens with one attached hydrogen (secondary N) is 1. The molecule has 0 aliphatic carbocycles. The van der Waals surface area contributed by atoms with E-state index in [1.807, 2.05) is 53.6 Å². The van der Waals surface area contributed by atoms with Gasteiger partial charge in [0.15, 0.2) is 6.61 Å². The molecule has 174 valence electrons. The molecule has 1 N–H and O–H groups in total. The minimum absolute atomic E-state index is 0.0323. The van der Waals surface area contributed by atoms with Crippen LogP contribution in [-0.4, -0.2) is 72.5 Å². The molecule has 1 aliphatic heterocycles. The molecule has 0 bridgehead atoms. The number of rotatable bonds is 10. The lowest BCUT2D eigenvalue weighted by molar-refractivity contribution is -0.138. The molecule has 2 aromatic carbocycles. The number of ether oxygens (including phenoxy) is 1. The van der Waals surface area contributed by atoms with Gasteiger partial charge < -0.3 is 15.0 Å². The third-order valence-electron chi connectivity index (χ3n) is 5.53.